The summed E-state index contributed by atoms with van der Waals surface area (Å²) in [6.45, 7) is 7.23. The van der Waals surface area contributed by atoms with Gasteiger partial charge in [0.2, 0.25) is 5.91 Å². The number of hydrogen-bond donors (Lipinski definition) is 0. The summed E-state index contributed by atoms with van der Waals surface area (Å²) < 4.78 is 1.17. The second-order valence-electron chi connectivity index (χ2n) is 7.54. The lowest BCUT2D eigenvalue weighted by Gasteiger charge is -2.45. The lowest BCUT2D eigenvalue weighted by Crippen LogP contribution is -2.58. The van der Waals surface area contributed by atoms with Crippen molar-refractivity contribution in [1.82, 2.24) is 9.80 Å². The number of carbonyl (C=O) groups is 1. The molecule has 1 heterocycles. The molecule has 1 aromatic rings. The molecule has 132 valence electrons. The Bertz CT molecular complexity index is 571. The highest BCUT2D eigenvalue weighted by Gasteiger charge is 2.35. The fourth-order valence-corrected chi connectivity index (χ4v) is 4.57. The van der Waals surface area contributed by atoms with E-state index in [1.165, 1.54) is 29.3 Å². The molecule has 0 spiro atoms. The molecule has 1 aliphatic heterocycles. The molecule has 0 N–H and O–H groups in total. The summed E-state index contributed by atoms with van der Waals surface area (Å²) in [5.74, 6) is 0.692. The zero-order valence-electron chi connectivity index (χ0n) is 14.9. The summed E-state index contributed by atoms with van der Waals surface area (Å²) in [5.41, 5.74) is 1.32. The number of hydrogen-bond acceptors (Lipinski definition) is 2. The SMILES string of the molecule is CC1CN(C(=O)C2CCCCC2)C(C)CN1Cc1ccccc1Br. The second kappa shape index (κ2) is 8.01. The van der Waals surface area contributed by atoms with Crippen molar-refractivity contribution >= 4 is 21.8 Å². The number of halogens is 1. The van der Waals surface area contributed by atoms with Crippen molar-refractivity contribution in [3.05, 3.63) is 34.3 Å². The van der Waals surface area contributed by atoms with E-state index in [2.05, 4.69) is 63.8 Å². The van der Waals surface area contributed by atoms with Crippen LogP contribution in [0.2, 0.25) is 0 Å². The zero-order valence-corrected chi connectivity index (χ0v) is 16.5. The Kier molecular flexibility index (Phi) is 5.98. The summed E-state index contributed by atoms with van der Waals surface area (Å²) in [6, 6.07) is 9.14. The predicted octanol–water partition coefficient (Wildman–Crippen LogP) is 4.45. The molecular weight excluding hydrogens is 364 g/mol. The number of carbonyl (C=O) groups excluding carboxylic acids is 1. The van der Waals surface area contributed by atoms with Gasteiger partial charge >= 0.3 is 0 Å². The van der Waals surface area contributed by atoms with Crippen LogP contribution in [0.5, 0.6) is 0 Å². The van der Waals surface area contributed by atoms with Gasteiger partial charge in [-0.3, -0.25) is 9.69 Å². The maximum absolute atomic E-state index is 12.9. The van der Waals surface area contributed by atoms with Crippen LogP contribution in [0.1, 0.15) is 51.5 Å². The highest BCUT2D eigenvalue weighted by Crippen LogP contribution is 2.28. The summed E-state index contributed by atoms with van der Waals surface area (Å²) in [5, 5.41) is 0. The molecule has 24 heavy (non-hydrogen) atoms. The lowest BCUT2D eigenvalue weighted by atomic mass is 9.87. The largest absolute Gasteiger partial charge is 0.337 e. The van der Waals surface area contributed by atoms with Gasteiger partial charge in [0.1, 0.15) is 0 Å². The van der Waals surface area contributed by atoms with Crippen LogP contribution >= 0.6 is 15.9 Å². The predicted molar refractivity (Wildman–Crippen MR) is 102 cm³/mol. The van der Waals surface area contributed by atoms with Crippen LogP contribution in [-0.2, 0) is 11.3 Å². The van der Waals surface area contributed by atoms with Gasteiger partial charge in [0.15, 0.2) is 0 Å². The van der Waals surface area contributed by atoms with Crippen molar-refractivity contribution in [3.63, 3.8) is 0 Å². The third-order valence-electron chi connectivity index (χ3n) is 5.68. The third-order valence-corrected chi connectivity index (χ3v) is 6.46. The van der Waals surface area contributed by atoms with Crippen LogP contribution in [0.3, 0.4) is 0 Å². The van der Waals surface area contributed by atoms with E-state index in [-0.39, 0.29) is 5.92 Å². The molecule has 2 unspecified atom stereocenters. The third kappa shape index (κ3) is 4.02. The van der Waals surface area contributed by atoms with Crippen LogP contribution in [-0.4, -0.2) is 40.9 Å². The summed E-state index contributed by atoms with van der Waals surface area (Å²) >= 11 is 3.65. The van der Waals surface area contributed by atoms with Gasteiger partial charge < -0.3 is 4.90 Å². The average molecular weight is 393 g/mol. The van der Waals surface area contributed by atoms with Gasteiger partial charge in [-0.1, -0.05) is 53.4 Å². The lowest BCUT2D eigenvalue weighted by molar-refractivity contribution is -0.142. The molecule has 4 heteroatoms. The summed E-state index contributed by atoms with van der Waals surface area (Å²) in [7, 11) is 0. The molecule has 0 radical (unpaired) electrons. The zero-order chi connectivity index (χ0) is 17.1. The van der Waals surface area contributed by atoms with E-state index in [0.717, 1.165) is 32.5 Å². The van der Waals surface area contributed by atoms with Crippen molar-refractivity contribution < 1.29 is 4.79 Å². The second-order valence-corrected chi connectivity index (χ2v) is 8.40. The number of amides is 1. The Balaban J connectivity index is 1.63. The number of nitrogens with zero attached hydrogens (tertiary/aromatic N) is 2. The van der Waals surface area contributed by atoms with Gasteiger partial charge in [0.05, 0.1) is 0 Å². The van der Waals surface area contributed by atoms with Crippen molar-refractivity contribution in [2.24, 2.45) is 5.92 Å². The van der Waals surface area contributed by atoms with Gasteiger partial charge in [-0.15, -0.1) is 0 Å². The molecule has 0 aromatic heterocycles. The Labute approximate surface area is 154 Å². The molecule has 1 saturated heterocycles. The van der Waals surface area contributed by atoms with Crippen LogP contribution < -0.4 is 0 Å². The molecule has 2 atom stereocenters. The Morgan fingerprint density at radius 2 is 1.79 bits per heavy atom. The molecule has 1 aliphatic carbocycles. The Morgan fingerprint density at radius 1 is 1.08 bits per heavy atom. The van der Waals surface area contributed by atoms with Gasteiger partial charge in [0.25, 0.3) is 0 Å². The highest BCUT2D eigenvalue weighted by molar-refractivity contribution is 9.10. The molecule has 3 nitrogen and oxygen atoms in total. The van der Waals surface area contributed by atoms with Crippen molar-refractivity contribution in [2.45, 2.75) is 64.6 Å². The van der Waals surface area contributed by atoms with E-state index in [4.69, 9.17) is 0 Å². The number of rotatable bonds is 3. The maximum Gasteiger partial charge on any atom is 0.226 e. The molecule has 1 saturated carbocycles. The molecule has 1 aromatic carbocycles. The van der Waals surface area contributed by atoms with E-state index < -0.39 is 0 Å². The van der Waals surface area contributed by atoms with Crippen molar-refractivity contribution in [2.75, 3.05) is 13.1 Å². The average Bonchev–Trinajstić information content (AvgIpc) is 2.60. The topological polar surface area (TPSA) is 23.6 Å². The van der Waals surface area contributed by atoms with Gasteiger partial charge in [0, 0.05) is 42.1 Å². The first kappa shape index (κ1) is 17.9. The van der Waals surface area contributed by atoms with Crippen LogP contribution in [0, 0.1) is 5.92 Å². The first-order valence-electron chi connectivity index (χ1n) is 9.34. The van der Waals surface area contributed by atoms with E-state index in [9.17, 15) is 4.79 Å². The fourth-order valence-electron chi connectivity index (χ4n) is 4.16. The summed E-state index contributed by atoms with van der Waals surface area (Å²) in [6.07, 6.45) is 5.94. The normalized spacial score (nSPS) is 26.5. The standard InChI is InChI=1S/C20H29BrN2O/c1-15-13-23(20(24)17-8-4-3-5-9-17)16(2)12-22(15)14-18-10-6-7-11-19(18)21/h6-7,10-11,15-17H,3-5,8-9,12-14H2,1-2H3. The molecule has 1 amide bonds. The fraction of sp³-hybridized carbons (Fsp3) is 0.650. The van der Waals surface area contributed by atoms with E-state index >= 15 is 0 Å². The Morgan fingerprint density at radius 3 is 2.50 bits per heavy atom. The van der Waals surface area contributed by atoms with Gasteiger partial charge in [-0.05, 0) is 38.3 Å². The monoisotopic (exact) mass is 392 g/mol. The number of benzene rings is 1. The first-order valence-corrected chi connectivity index (χ1v) is 10.1. The maximum atomic E-state index is 12.9. The van der Waals surface area contributed by atoms with Crippen molar-refractivity contribution in [3.8, 4) is 0 Å². The molecular formula is C20H29BrN2O. The first-order chi connectivity index (χ1) is 11.6. The van der Waals surface area contributed by atoms with Crippen LogP contribution in [0.25, 0.3) is 0 Å². The minimum Gasteiger partial charge on any atom is -0.337 e. The number of piperazine rings is 1. The molecule has 2 fully saturated rings. The smallest absolute Gasteiger partial charge is 0.226 e. The highest BCUT2D eigenvalue weighted by atomic mass is 79.9. The Hall–Kier alpha value is -0.870. The van der Waals surface area contributed by atoms with Crippen molar-refractivity contribution in [1.29, 1.82) is 0 Å². The van der Waals surface area contributed by atoms with E-state index in [0.29, 0.717) is 18.0 Å². The molecule has 2 aliphatic rings. The van der Waals surface area contributed by atoms with Crippen LogP contribution in [0.15, 0.2) is 28.7 Å². The van der Waals surface area contributed by atoms with Gasteiger partial charge in [-0.25, -0.2) is 0 Å². The van der Waals surface area contributed by atoms with E-state index in [1.807, 2.05) is 0 Å². The minimum atomic E-state index is 0.281. The summed E-state index contributed by atoms with van der Waals surface area (Å²) in [4.78, 5) is 17.6. The molecule has 0 bridgehead atoms. The minimum absolute atomic E-state index is 0.281. The van der Waals surface area contributed by atoms with Gasteiger partial charge in [-0.2, -0.15) is 0 Å². The molecule has 3 rings (SSSR count). The van der Waals surface area contributed by atoms with Crippen LogP contribution in [0.4, 0.5) is 0 Å². The quantitative estimate of drug-likeness (QED) is 0.758. The van der Waals surface area contributed by atoms with E-state index in [1.54, 1.807) is 0 Å².